The number of methoxy groups -OCH3 is 1. The normalized spacial score (nSPS) is 10.4. The van der Waals surface area contributed by atoms with Gasteiger partial charge >= 0.3 is 5.97 Å². The summed E-state index contributed by atoms with van der Waals surface area (Å²) in [5, 5.41) is 8.77. The number of aromatic nitrogens is 2. The van der Waals surface area contributed by atoms with Crippen LogP contribution in [-0.2, 0) is 0 Å². The van der Waals surface area contributed by atoms with Crippen molar-refractivity contribution in [3.05, 3.63) is 17.3 Å². The van der Waals surface area contributed by atoms with Crippen molar-refractivity contribution in [3.63, 3.8) is 0 Å². The van der Waals surface area contributed by atoms with E-state index in [1.54, 1.807) is 5.51 Å². The fourth-order valence-electron chi connectivity index (χ4n) is 1.09. The number of hydrogen-bond acceptors (Lipinski definition) is 5. The molecule has 5 nitrogen and oxygen atoms in total. The van der Waals surface area contributed by atoms with Crippen molar-refractivity contribution in [2.24, 2.45) is 0 Å². The molecule has 14 heavy (non-hydrogen) atoms. The van der Waals surface area contributed by atoms with Gasteiger partial charge in [-0.1, -0.05) is 0 Å². The number of pyridine rings is 1. The van der Waals surface area contributed by atoms with E-state index in [-0.39, 0.29) is 5.69 Å². The second-order valence-electron chi connectivity index (χ2n) is 2.52. The van der Waals surface area contributed by atoms with Gasteiger partial charge in [0.25, 0.3) is 0 Å². The van der Waals surface area contributed by atoms with Gasteiger partial charge in [-0.25, -0.2) is 14.8 Å². The van der Waals surface area contributed by atoms with Crippen LogP contribution in [-0.4, -0.2) is 28.2 Å². The quantitative estimate of drug-likeness (QED) is 0.811. The number of carboxylic acid groups (broad SMARTS) is 1. The first-order chi connectivity index (χ1) is 6.72. The smallest absolute Gasteiger partial charge is 0.354 e. The average Bonchev–Trinajstić information content (AvgIpc) is 2.63. The first kappa shape index (κ1) is 8.89. The van der Waals surface area contributed by atoms with Gasteiger partial charge in [0.2, 0.25) is 0 Å². The highest BCUT2D eigenvalue weighted by molar-refractivity contribution is 7.16. The Labute approximate surface area is 83.0 Å². The summed E-state index contributed by atoms with van der Waals surface area (Å²) in [6.45, 7) is 0. The van der Waals surface area contributed by atoms with E-state index < -0.39 is 5.97 Å². The summed E-state index contributed by atoms with van der Waals surface area (Å²) in [4.78, 5) is 19.2. The molecule has 0 bridgehead atoms. The molecule has 0 aliphatic rings. The maximum Gasteiger partial charge on any atom is 0.354 e. The highest BCUT2D eigenvalue weighted by Crippen LogP contribution is 2.26. The Bertz CT molecular complexity index is 494. The number of fused-ring (bicyclic) bond motifs is 1. The zero-order valence-corrected chi connectivity index (χ0v) is 8.04. The summed E-state index contributed by atoms with van der Waals surface area (Å²) in [5.74, 6) is -0.632. The number of nitrogens with zero attached hydrogens (tertiary/aromatic N) is 2. The highest BCUT2D eigenvalue weighted by atomic mass is 32.1. The van der Waals surface area contributed by atoms with E-state index in [0.29, 0.717) is 16.1 Å². The van der Waals surface area contributed by atoms with Crippen LogP contribution in [0.3, 0.4) is 0 Å². The van der Waals surface area contributed by atoms with Crippen LogP contribution in [0.4, 0.5) is 0 Å². The summed E-state index contributed by atoms with van der Waals surface area (Å²) in [7, 11) is 1.47. The van der Waals surface area contributed by atoms with Crippen LogP contribution < -0.4 is 4.74 Å². The standard InChI is InChI=1S/C8H6N2O3S/c1-13-5-2-4(8(11)12)10-7-6(5)9-3-14-7/h2-3H,1H3,(H,11,12). The molecular weight excluding hydrogens is 204 g/mol. The van der Waals surface area contributed by atoms with Gasteiger partial charge in [0.05, 0.1) is 12.6 Å². The molecule has 2 rings (SSSR count). The third-order valence-corrected chi connectivity index (χ3v) is 2.43. The van der Waals surface area contributed by atoms with Gasteiger partial charge in [-0.05, 0) is 0 Å². The number of carboxylic acids is 1. The number of rotatable bonds is 2. The molecule has 6 heteroatoms. The molecule has 2 aromatic rings. The van der Waals surface area contributed by atoms with Gasteiger partial charge in [0, 0.05) is 6.07 Å². The molecule has 0 atom stereocenters. The Morgan fingerprint density at radius 2 is 2.43 bits per heavy atom. The minimum absolute atomic E-state index is 0.0291. The summed E-state index contributed by atoms with van der Waals surface area (Å²) >= 11 is 1.28. The Hall–Kier alpha value is -1.69. The molecule has 0 fully saturated rings. The Morgan fingerprint density at radius 1 is 1.64 bits per heavy atom. The lowest BCUT2D eigenvalue weighted by Gasteiger charge is -2.01. The molecule has 0 amide bonds. The highest BCUT2D eigenvalue weighted by Gasteiger charge is 2.12. The van der Waals surface area contributed by atoms with Crippen molar-refractivity contribution in [2.75, 3.05) is 7.11 Å². The number of thiazole rings is 1. The van der Waals surface area contributed by atoms with Gasteiger partial charge in [0.1, 0.15) is 16.1 Å². The zero-order valence-electron chi connectivity index (χ0n) is 7.22. The van der Waals surface area contributed by atoms with E-state index in [1.165, 1.54) is 24.5 Å². The number of ether oxygens (including phenoxy) is 1. The van der Waals surface area contributed by atoms with Crippen molar-refractivity contribution in [1.82, 2.24) is 9.97 Å². The summed E-state index contributed by atoms with van der Waals surface area (Å²) < 4.78 is 5.02. The van der Waals surface area contributed by atoms with E-state index in [1.807, 2.05) is 0 Å². The van der Waals surface area contributed by atoms with Crippen LogP contribution in [0.15, 0.2) is 11.6 Å². The topological polar surface area (TPSA) is 72.3 Å². The summed E-state index contributed by atoms with van der Waals surface area (Å²) in [6, 6.07) is 1.37. The molecule has 0 spiro atoms. The van der Waals surface area contributed by atoms with Crippen molar-refractivity contribution < 1.29 is 14.6 Å². The molecule has 0 radical (unpaired) electrons. The minimum atomic E-state index is -1.07. The Balaban J connectivity index is 2.73. The number of carbonyl (C=O) groups is 1. The van der Waals surface area contributed by atoms with E-state index >= 15 is 0 Å². The van der Waals surface area contributed by atoms with E-state index in [9.17, 15) is 4.79 Å². The van der Waals surface area contributed by atoms with Gasteiger partial charge < -0.3 is 9.84 Å². The Kier molecular flexibility index (Phi) is 2.05. The third kappa shape index (κ3) is 1.29. The maximum atomic E-state index is 10.7. The molecule has 72 valence electrons. The van der Waals surface area contributed by atoms with Gasteiger partial charge in [-0.2, -0.15) is 0 Å². The predicted molar refractivity (Wildman–Crippen MR) is 50.9 cm³/mol. The molecule has 0 aliphatic carbocycles. The average molecular weight is 210 g/mol. The molecule has 1 N–H and O–H groups in total. The Morgan fingerprint density at radius 3 is 3.07 bits per heavy atom. The van der Waals surface area contributed by atoms with E-state index in [2.05, 4.69) is 9.97 Å². The molecule has 2 heterocycles. The summed E-state index contributed by atoms with van der Waals surface area (Å²) in [6.07, 6.45) is 0. The first-order valence-electron chi connectivity index (χ1n) is 3.74. The molecule has 0 unspecified atom stereocenters. The predicted octanol–water partition coefficient (Wildman–Crippen LogP) is 1.40. The van der Waals surface area contributed by atoms with Crippen molar-refractivity contribution in [1.29, 1.82) is 0 Å². The van der Waals surface area contributed by atoms with Gasteiger partial charge in [0.15, 0.2) is 5.69 Å². The van der Waals surface area contributed by atoms with Crippen LogP contribution in [0.25, 0.3) is 10.3 Å². The van der Waals surface area contributed by atoms with Crippen molar-refractivity contribution in [3.8, 4) is 5.75 Å². The van der Waals surface area contributed by atoms with Crippen LogP contribution in [0.1, 0.15) is 10.5 Å². The minimum Gasteiger partial charge on any atom is -0.494 e. The monoisotopic (exact) mass is 210 g/mol. The largest absolute Gasteiger partial charge is 0.494 e. The fraction of sp³-hybridized carbons (Fsp3) is 0.125. The molecule has 0 aromatic carbocycles. The van der Waals surface area contributed by atoms with Crippen LogP contribution in [0, 0.1) is 0 Å². The third-order valence-electron chi connectivity index (χ3n) is 1.71. The molecule has 0 saturated carbocycles. The SMILES string of the molecule is COc1cc(C(=O)O)nc2scnc12. The molecule has 0 saturated heterocycles. The molecular formula is C8H6N2O3S. The zero-order chi connectivity index (χ0) is 10.1. The number of aromatic carboxylic acids is 1. The molecule has 2 aromatic heterocycles. The second kappa shape index (κ2) is 3.22. The van der Waals surface area contributed by atoms with Crippen molar-refractivity contribution >= 4 is 27.7 Å². The van der Waals surface area contributed by atoms with Gasteiger partial charge in [-0.15, -0.1) is 11.3 Å². The van der Waals surface area contributed by atoms with Gasteiger partial charge in [-0.3, -0.25) is 0 Å². The maximum absolute atomic E-state index is 10.7. The van der Waals surface area contributed by atoms with Crippen LogP contribution in [0.2, 0.25) is 0 Å². The van der Waals surface area contributed by atoms with E-state index in [0.717, 1.165) is 0 Å². The lowest BCUT2D eigenvalue weighted by Crippen LogP contribution is -2.00. The fourth-order valence-corrected chi connectivity index (χ4v) is 1.76. The van der Waals surface area contributed by atoms with Crippen LogP contribution >= 0.6 is 11.3 Å². The van der Waals surface area contributed by atoms with E-state index in [4.69, 9.17) is 9.84 Å². The molecule has 0 aliphatic heterocycles. The lowest BCUT2D eigenvalue weighted by atomic mass is 10.3. The lowest BCUT2D eigenvalue weighted by molar-refractivity contribution is 0.0690. The second-order valence-corrected chi connectivity index (χ2v) is 3.35. The summed E-state index contributed by atoms with van der Waals surface area (Å²) in [5.41, 5.74) is 2.17. The first-order valence-corrected chi connectivity index (χ1v) is 4.62. The van der Waals surface area contributed by atoms with Crippen LogP contribution in [0.5, 0.6) is 5.75 Å². The number of hydrogen-bond donors (Lipinski definition) is 1. The van der Waals surface area contributed by atoms with Crippen molar-refractivity contribution in [2.45, 2.75) is 0 Å².